The molecule has 3 fully saturated rings. The molecule has 3 saturated heterocycles. The van der Waals surface area contributed by atoms with Crippen molar-refractivity contribution in [1.29, 1.82) is 0 Å². The number of hydrogen-bond donors (Lipinski definition) is 5. The van der Waals surface area contributed by atoms with E-state index in [0.717, 1.165) is 6.33 Å². The molecular formula is C22H23FN10O11P2S. The normalized spacial score (nSPS) is 36.8. The van der Waals surface area contributed by atoms with Gasteiger partial charge in [0.15, 0.2) is 41.3 Å². The van der Waals surface area contributed by atoms with Gasteiger partial charge in [0.25, 0.3) is 5.56 Å². The van der Waals surface area contributed by atoms with E-state index in [1.165, 1.54) is 38.6 Å². The number of anilines is 1. The lowest BCUT2D eigenvalue weighted by Gasteiger charge is -2.26. The molecule has 8 heterocycles. The second kappa shape index (κ2) is 11.1. The van der Waals surface area contributed by atoms with Crippen LogP contribution in [0.1, 0.15) is 12.5 Å². The molecule has 5 aromatic rings. The fourth-order valence-electron chi connectivity index (χ4n) is 5.80. The summed E-state index contributed by atoms with van der Waals surface area (Å²) in [4.78, 5) is 46.1. The van der Waals surface area contributed by atoms with Crippen LogP contribution in [0.15, 0.2) is 36.2 Å². The second-order valence-corrected chi connectivity index (χ2v) is 15.0. The molecule has 47 heavy (non-hydrogen) atoms. The lowest BCUT2D eigenvalue weighted by atomic mass is 10.1. The maximum atomic E-state index is 16.0. The summed E-state index contributed by atoms with van der Waals surface area (Å²) in [7, 11) is -5.10. The average molecular weight is 716 g/mol. The molecule has 3 aliphatic heterocycles. The van der Waals surface area contributed by atoms with Gasteiger partial charge < -0.3 is 25.2 Å². The second-order valence-electron chi connectivity index (χ2n) is 10.7. The first-order valence-electron chi connectivity index (χ1n) is 13.7. The van der Waals surface area contributed by atoms with Crippen molar-refractivity contribution < 1.29 is 51.1 Å². The molecule has 10 atom stereocenters. The first-order chi connectivity index (χ1) is 22.4. The molecule has 21 nitrogen and oxygen atoms in total. The summed E-state index contributed by atoms with van der Waals surface area (Å²) in [5.41, 5.74) is 5.65. The Labute approximate surface area is 265 Å². The summed E-state index contributed by atoms with van der Waals surface area (Å²) in [6, 6.07) is 0. The highest BCUT2D eigenvalue weighted by atomic mass is 32.7. The van der Waals surface area contributed by atoms with Gasteiger partial charge in [-0.25, -0.2) is 38.4 Å². The lowest BCUT2D eigenvalue weighted by molar-refractivity contribution is -0.0619. The number of alkyl halides is 1. The van der Waals surface area contributed by atoms with E-state index < -0.39 is 82.5 Å². The number of aromatic amines is 1. The molecule has 250 valence electrons. The Kier molecular flexibility index (Phi) is 7.31. The number of nitrogens with two attached hydrogens (primary N) is 1. The molecule has 8 rings (SSSR count). The van der Waals surface area contributed by atoms with Crippen LogP contribution in [0.2, 0.25) is 0 Å². The van der Waals surface area contributed by atoms with Crippen LogP contribution < -0.4 is 11.3 Å². The third-order valence-electron chi connectivity index (χ3n) is 7.91. The van der Waals surface area contributed by atoms with E-state index >= 15 is 4.39 Å². The number of nitrogens with one attached hydrogen (secondary N) is 1. The molecule has 3 aliphatic rings. The number of fused-ring (bicyclic) bond motifs is 7. The third-order valence-corrected chi connectivity index (χ3v) is 10.5. The number of hydrogen-bond acceptors (Lipinski definition) is 16. The van der Waals surface area contributed by atoms with Crippen LogP contribution in [0, 0.1) is 0 Å². The summed E-state index contributed by atoms with van der Waals surface area (Å²) >= 11 is 4.06. The number of aliphatic hydroxyl groups excluding tert-OH is 1. The monoisotopic (exact) mass is 716 g/mol. The van der Waals surface area contributed by atoms with Crippen molar-refractivity contribution in [3.8, 4) is 0 Å². The van der Waals surface area contributed by atoms with Crippen molar-refractivity contribution in [3.05, 3.63) is 41.7 Å². The number of phosphoric acid groups is 1. The van der Waals surface area contributed by atoms with Crippen molar-refractivity contribution in [1.82, 2.24) is 43.4 Å². The van der Waals surface area contributed by atoms with Crippen LogP contribution in [0.3, 0.4) is 0 Å². The molecule has 0 aromatic carbocycles. The van der Waals surface area contributed by atoms with E-state index in [1.54, 1.807) is 0 Å². The van der Waals surface area contributed by atoms with Gasteiger partial charge >= 0.3 is 14.6 Å². The Morgan fingerprint density at radius 2 is 1.72 bits per heavy atom. The minimum absolute atomic E-state index is 0.0213. The van der Waals surface area contributed by atoms with Gasteiger partial charge in [-0.05, 0) is 0 Å². The Hall–Kier alpha value is -3.34. The molecule has 0 radical (unpaired) electrons. The van der Waals surface area contributed by atoms with Crippen molar-refractivity contribution in [2.75, 3.05) is 18.9 Å². The molecule has 0 aliphatic carbocycles. The number of rotatable bonds is 2. The Morgan fingerprint density at radius 3 is 2.55 bits per heavy atom. The number of aromatic nitrogens is 9. The van der Waals surface area contributed by atoms with Crippen LogP contribution in [0.25, 0.3) is 28.1 Å². The number of H-pyrrole nitrogens is 1. The summed E-state index contributed by atoms with van der Waals surface area (Å²) in [5, 5.41) is 11.2. The number of aliphatic hydroxyl groups is 1. The van der Waals surface area contributed by atoms with Gasteiger partial charge in [-0.1, -0.05) is 12.2 Å². The number of halogens is 1. The maximum absolute atomic E-state index is 16.0. The van der Waals surface area contributed by atoms with E-state index in [1.807, 2.05) is 0 Å². The fraction of sp³-hybridized carbons (Fsp3) is 0.455. The Bertz CT molecular complexity index is 2180. The van der Waals surface area contributed by atoms with Gasteiger partial charge in [0.2, 0.25) is 5.78 Å². The van der Waals surface area contributed by atoms with E-state index in [4.69, 9.17) is 33.3 Å². The van der Waals surface area contributed by atoms with E-state index in [9.17, 15) is 23.9 Å². The van der Waals surface area contributed by atoms with E-state index in [0.29, 0.717) is 0 Å². The molecule has 5 aromatic heterocycles. The number of nitrogen functional groups attached to an aromatic ring is 1. The lowest BCUT2D eigenvalue weighted by Crippen LogP contribution is -2.35. The minimum Gasteiger partial charge on any atom is -0.387 e. The van der Waals surface area contributed by atoms with Crippen LogP contribution in [0.4, 0.5) is 10.2 Å². The fourth-order valence-corrected chi connectivity index (χ4v) is 8.21. The zero-order valence-corrected chi connectivity index (χ0v) is 26.0. The largest absolute Gasteiger partial charge is 0.472 e. The van der Waals surface area contributed by atoms with Crippen molar-refractivity contribution in [3.63, 3.8) is 0 Å². The Balaban J connectivity index is 1.13. The number of nitrogens with zero attached hydrogens (tertiary/aromatic N) is 8. The van der Waals surface area contributed by atoms with Gasteiger partial charge in [0.1, 0.15) is 42.4 Å². The van der Waals surface area contributed by atoms with Gasteiger partial charge in [-0.15, -0.1) is 0 Å². The zero-order valence-electron chi connectivity index (χ0n) is 23.4. The van der Waals surface area contributed by atoms with Crippen molar-refractivity contribution in [2.24, 2.45) is 0 Å². The van der Waals surface area contributed by atoms with Crippen LogP contribution in [-0.2, 0) is 36.7 Å². The predicted molar refractivity (Wildman–Crippen MR) is 156 cm³/mol. The molecule has 5 N–H and O–H groups in total. The van der Waals surface area contributed by atoms with Crippen LogP contribution >= 0.6 is 26.9 Å². The summed E-state index contributed by atoms with van der Waals surface area (Å²) in [5.74, 6) is 0.187. The Morgan fingerprint density at radius 1 is 0.979 bits per heavy atom. The van der Waals surface area contributed by atoms with Crippen LogP contribution in [-0.4, -0.2) is 103 Å². The smallest absolute Gasteiger partial charge is 0.387 e. The van der Waals surface area contributed by atoms with Crippen molar-refractivity contribution in [2.45, 2.75) is 49.1 Å². The molecular weight excluding hydrogens is 693 g/mol. The maximum Gasteiger partial charge on any atom is 0.472 e. The van der Waals surface area contributed by atoms with Gasteiger partial charge in [0.05, 0.1) is 25.9 Å². The van der Waals surface area contributed by atoms with Gasteiger partial charge in [-0.2, -0.15) is 0 Å². The highest BCUT2D eigenvalue weighted by Crippen LogP contribution is 2.58. The van der Waals surface area contributed by atoms with Gasteiger partial charge in [-0.3, -0.25) is 41.4 Å². The standard InChI is InChI=1S/C22H23FN10O11P2S/c23-10-14-9(42-20(10)32-6-28-11-16(24)26-5-27-17(11)32)4-40-46(38,47)44-15-13(34)8(3-39-45(36,37)43-14)41-21(15)33-7-29-12-18(35)30-22-25-1-2-31(22)19(12)33/h1-2,5-10,13-15,20-21,34H,3-4H2,(H,36,37)(H,38,47)(H2,24,26,27)(H,25,30,35)/t8-,9-,10-,13-,14-,15-,20-,21-,46?/m1/s1. The van der Waals surface area contributed by atoms with Crippen molar-refractivity contribution >= 4 is 60.8 Å². The molecule has 25 heteroatoms. The first-order valence-corrected chi connectivity index (χ1v) is 17.9. The number of thiol groups is 1. The summed E-state index contributed by atoms with van der Waals surface area (Å²) in [6.07, 6.45) is -6.43. The number of ether oxygens (including phenoxy) is 2. The SMILES string of the molecule is Nc1ncnc2c1ncn2[C@@H]1O[C@@H]2COP(=O)(S)O[C@@H]3[C@H](O)[C@@H](COP(=O)(O)O[C@H]2[C@H]1F)O[C@H]3n1cnc2c(=O)[nH]c3nccn3c21. The topological polar surface area (TPSA) is 268 Å². The average Bonchev–Trinajstić information content (AvgIpc) is 3.84. The van der Waals surface area contributed by atoms with E-state index in [-0.39, 0.29) is 33.9 Å². The number of imidazole rings is 3. The molecule has 0 amide bonds. The van der Waals surface area contributed by atoms with E-state index in [2.05, 4.69) is 42.2 Å². The van der Waals surface area contributed by atoms with Crippen LogP contribution in [0.5, 0.6) is 0 Å². The quantitative estimate of drug-likeness (QED) is 0.121. The minimum atomic E-state index is -5.10. The van der Waals surface area contributed by atoms with Gasteiger partial charge in [0, 0.05) is 12.4 Å². The third kappa shape index (κ3) is 5.18. The summed E-state index contributed by atoms with van der Waals surface area (Å²) in [6.45, 7) is -5.97. The summed E-state index contributed by atoms with van der Waals surface area (Å²) < 4.78 is 80.0. The molecule has 0 saturated carbocycles. The number of phosphoric ester groups is 1. The zero-order chi connectivity index (χ0) is 32.8. The highest BCUT2D eigenvalue weighted by Gasteiger charge is 2.54. The predicted octanol–water partition coefficient (Wildman–Crippen LogP) is 0.244. The highest BCUT2D eigenvalue weighted by molar-refractivity contribution is 8.44. The molecule has 2 bridgehead atoms. The molecule has 2 unspecified atom stereocenters. The first kappa shape index (κ1) is 31.0. The molecule has 0 spiro atoms.